The number of aromatic nitrogens is 2. The molecule has 5 nitrogen and oxygen atoms in total. The fourth-order valence-electron chi connectivity index (χ4n) is 2.02. The highest BCUT2D eigenvalue weighted by molar-refractivity contribution is 6.03. The number of anilines is 3. The van der Waals surface area contributed by atoms with Crippen molar-refractivity contribution in [1.82, 2.24) is 9.97 Å². The van der Waals surface area contributed by atoms with E-state index < -0.39 is 29.2 Å². The number of amides is 1. The van der Waals surface area contributed by atoms with Gasteiger partial charge in [0.15, 0.2) is 17.5 Å². The summed E-state index contributed by atoms with van der Waals surface area (Å²) in [6.45, 7) is 0. The molecule has 9 heteroatoms. The largest absolute Gasteiger partial charge is 0.322 e. The van der Waals surface area contributed by atoms with Gasteiger partial charge in [-0.1, -0.05) is 6.07 Å². The Kier molecular flexibility index (Phi) is 4.78. The molecule has 1 heterocycles. The fourth-order valence-corrected chi connectivity index (χ4v) is 2.02. The van der Waals surface area contributed by atoms with Crippen LogP contribution in [0.2, 0.25) is 0 Å². The predicted octanol–water partition coefficient (Wildman–Crippen LogP) is 4.03. The molecule has 0 atom stereocenters. The van der Waals surface area contributed by atoms with E-state index in [9.17, 15) is 22.4 Å². The first-order chi connectivity index (χ1) is 12.4. The second-order valence-corrected chi connectivity index (χ2v) is 5.11. The van der Waals surface area contributed by atoms with Gasteiger partial charge in [-0.15, -0.1) is 0 Å². The Morgan fingerprint density at radius 2 is 1.65 bits per heavy atom. The Bertz CT molecular complexity index is 963. The van der Waals surface area contributed by atoms with Crippen LogP contribution in [-0.4, -0.2) is 15.9 Å². The van der Waals surface area contributed by atoms with E-state index in [-0.39, 0.29) is 22.9 Å². The molecule has 2 N–H and O–H groups in total. The second kappa shape index (κ2) is 7.18. The van der Waals surface area contributed by atoms with Gasteiger partial charge >= 0.3 is 0 Å². The second-order valence-electron chi connectivity index (χ2n) is 5.11. The molecule has 0 radical (unpaired) electrons. The van der Waals surface area contributed by atoms with Gasteiger partial charge in [0.2, 0.25) is 5.95 Å². The zero-order chi connectivity index (χ0) is 18.7. The van der Waals surface area contributed by atoms with Crippen molar-refractivity contribution >= 4 is 23.2 Å². The molecule has 1 amide bonds. The van der Waals surface area contributed by atoms with Gasteiger partial charge in [0, 0.05) is 18.1 Å². The van der Waals surface area contributed by atoms with E-state index in [4.69, 9.17) is 0 Å². The van der Waals surface area contributed by atoms with E-state index in [1.165, 1.54) is 18.2 Å². The smallest absolute Gasteiger partial charge is 0.258 e. The third kappa shape index (κ3) is 3.77. The lowest BCUT2D eigenvalue weighted by molar-refractivity contribution is 0.102. The first-order valence-corrected chi connectivity index (χ1v) is 7.23. The fraction of sp³-hybridized carbons (Fsp3) is 0. The van der Waals surface area contributed by atoms with Crippen molar-refractivity contribution in [3.8, 4) is 0 Å². The summed E-state index contributed by atoms with van der Waals surface area (Å²) in [5, 5.41) is 4.84. The maximum atomic E-state index is 13.6. The third-order valence-electron chi connectivity index (χ3n) is 3.28. The van der Waals surface area contributed by atoms with Crippen LogP contribution in [-0.2, 0) is 0 Å². The molecule has 0 saturated heterocycles. The summed E-state index contributed by atoms with van der Waals surface area (Å²) >= 11 is 0. The monoisotopic (exact) mass is 362 g/mol. The molecule has 0 aliphatic carbocycles. The highest BCUT2D eigenvalue weighted by atomic mass is 19.2. The van der Waals surface area contributed by atoms with Gasteiger partial charge in [0.05, 0.1) is 11.3 Å². The van der Waals surface area contributed by atoms with Crippen LogP contribution >= 0.6 is 0 Å². The summed E-state index contributed by atoms with van der Waals surface area (Å²) in [5.74, 6) is -5.58. The highest BCUT2D eigenvalue weighted by Gasteiger charge is 2.14. The maximum Gasteiger partial charge on any atom is 0.258 e. The maximum absolute atomic E-state index is 13.6. The summed E-state index contributed by atoms with van der Waals surface area (Å²) in [6.07, 6.45) is 2.28. The molecule has 0 aliphatic rings. The van der Waals surface area contributed by atoms with Crippen molar-refractivity contribution in [1.29, 1.82) is 0 Å². The van der Waals surface area contributed by atoms with E-state index in [0.717, 1.165) is 30.6 Å². The number of halogens is 4. The van der Waals surface area contributed by atoms with E-state index in [2.05, 4.69) is 20.6 Å². The van der Waals surface area contributed by atoms with Crippen LogP contribution in [0.3, 0.4) is 0 Å². The van der Waals surface area contributed by atoms with Crippen LogP contribution in [0.1, 0.15) is 10.4 Å². The Morgan fingerprint density at radius 3 is 2.35 bits per heavy atom. The van der Waals surface area contributed by atoms with Crippen LogP contribution in [0.4, 0.5) is 34.9 Å². The lowest BCUT2D eigenvalue weighted by Gasteiger charge is -2.08. The topological polar surface area (TPSA) is 66.9 Å². The molecule has 0 fully saturated rings. The van der Waals surface area contributed by atoms with Crippen molar-refractivity contribution in [2.75, 3.05) is 10.6 Å². The van der Waals surface area contributed by atoms with Crippen LogP contribution in [0, 0.1) is 23.3 Å². The van der Waals surface area contributed by atoms with E-state index in [1.807, 2.05) is 0 Å². The normalized spacial score (nSPS) is 10.5. The number of rotatable bonds is 4. The minimum atomic E-state index is -1.62. The van der Waals surface area contributed by atoms with Gasteiger partial charge in [-0.3, -0.25) is 4.79 Å². The van der Waals surface area contributed by atoms with E-state index in [1.54, 1.807) is 0 Å². The molecule has 26 heavy (non-hydrogen) atoms. The average molecular weight is 362 g/mol. The minimum Gasteiger partial charge on any atom is -0.322 e. The van der Waals surface area contributed by atoms with Gasteiger partial charge in [-0.25, -0.2) is 27.5 Å². The van der Waals surface area contributed by atoms with Gasteiger partial charge in [-0.2, -0.15) is 0 Å². The third-order valence-corrected chi connectivity index (χ3v) is 3.28. The van der Waals surface area contributed by atoms with Crippen LogP contribution in [0.25, 0.3) is 0 Å². The highest BCUT2D eigenvalue weighted by Crippen LogP contribution is 2.22. The summed E-state index contributed by atoms with van der Waals surface area (Å²) in [6, 6.07) is 7.05. The molecule has 0 unspecified atom stereocenters. The molecule has 0 bridgehead atoms. The van der Waals surface area contributed by atoms with Crippen LogP contribution in [0.15, 0.2) is 48.8 Å². The van der Waals surface area contributed by atoms with Crippen LogP contribution < -0.4 is 10.6 Å². The van der Waals surface area contributed by atoms with E-state index in [0.29, 0.717) is 0 Å². The van der Waals surface area contributed by atoms with Crippen molar-refractivity contribution in [2.24, 2.45) is 0 Å². The number of hydrogen-bond acceptors (Lipinski definition) is 4. The Morgan fingerprint density at radius 1 is 0.923 bits per heavy atom. The first-order valence-electron chi connectivity index (χ1n) is 7.23. The predicted molar refractivity (Wildman–Crippen MR) is 86.0 cm³/mol. The lowest BCUT2D eigenvalue weighted by atomic mass is 10.2. The summed E-state index contributed by atoms with van der Waals surface area (Å²) in [5.41, 5.74) is -0.0486. The SMILES string of the molecule is O=C(Nc1cccc(F)c1)c1cnc(Nc2ccc(F)c(F)c2F)nc1. The molecule has 0 spiro atoms. The zero-order valence-corrected chi connectivity index (χ0v) is 12.9. The van der Waals surface area contributed by atoms with E-state index >= 15 is 0 Å². The molecule has 1 aromatic heterocycles. The quantitative estimate of drug-likeness (QED) is 0.543. The Labute approximate surface area is 144 Å². The summed E-state index contributed by atoms with van der Waals surface area (Å²) in [7, 11) is 0. The van der Waals surface area contributed by atoms with Gasteiger partial charge in [0.1, 0.15) is 5.82 Å². The van der Waals surface area contributed by atoms with Gasteiger partial charge in [-0.05, 0) is 30.3 Å². The average Bonchev–Trinajstić information content (AvgIpc) is 2.63. The van der Waals surface area contributed by atoms with Gasteiger partial charge < -0.3 is 10.6 Å². The minimum absolute atomic E-state index is 0.0607. The molecule has 2 aromatic carbocycles. The first kappa shape index (κ1) is 17.3. The Hall–Kier alpha value is -3.49. The molecule has 3 aromatic rings. The number of carbonyl (C=O) groups excluding carboxylic acids is 1. The lowest BCUT2D eigenvalue weighted by Crippen LogP contribution is -2.13. The molecular weight excluding hydrogens is 352 g/mol. The molecular formula is C17H10F4N4O. The molecule has 3 rings (SSSR count). The number of hydrogen-bond donors (Lipinski definition) is 2. The standard InChI is InChI=1S/C17H10F4N4O/c18-10-2-1-3-11(6-10)24-16(26)9-7-22-17(23-8-9)25-13-5-4-12(19)14(20)15(13)21/h1-8H,(H,24,26)(H,22,23,25). The van der Waals surface area contributed by atoms with Crippen molar-refractivity contribution in [3.63, 3.8) is 0 Å². The van der Waals surface area contributed by atoms with Crippen LogP contribution in [0.5, 0.6) is 0 Å². The molecule has 132 valence electrons. The summed E-state index contributed by atoms with van der Waals surface area (Å²) < 4.78 is 52.8. The number of nitrogens with zero attached hydrogens (tertiary/aromatic N) is 2. The van der Waals surface area contributed by atoms with Gasteiger partial charge in [0.25, 0.3) is 5.91 Å². The van der Waals surface area contributed by atoms with Crippen molar-refractivity contribution < 1.29 is 22.4 Å². The Balaban J connectivity index is 1.72. The number of nitrogens with one attached hydrogen (secondary N) is 2. The number of carbonyl (C=O) groups is 1. The van der Waals surface area contributed by atoms with Crippen molar-refractivity contribution in [2.45, 2.75) is 0 Å². The number of benzene rings is 2. The zero-order valence-electron chi connectivity index (χ0n) is 12.9. The van der Waals surface area contributed by atoms with Crippen molar-refractivity contribution in [3.05, 3.63) is 77.6 Å². The summed E-state index contributed by atoms with van der Waals surface area (Å²) in [4.78, 5) is 19.7. The molecule has 0 aliphatic heterocycles. The molecule has 0 saturated carbocycles.